The van der Waals surface area contributed by atoms with Crippen molar-refractivity contribution in [1.29, 1.82) is 0 Å². The van der Waals surface area contributed by atoms with Gasteiger partial charge in [0.25, 0.3) is 0 Å². The molecule has 1 fully saturated rings. The zero-order valence-corrected chi connectivity index (χ0v) is 14.3. The fraction of sp³-hybridized carbons (Fsp3) is 0.938. The van der Waals surface area contributed by atoms with Gasteiger partial charge < -0.3 is 19.7 Å². The number of hydrogen-bond donors (Lipinski definition) is 1. The van der Waals surface area contributed by atoms with E-state index in [-0.39, 0.29) is 18.2 Å². The lowest BCUT2D eigenvalue weighted by molar-refractivity contribution is 0.00934. The minimum atomic E-state index is -0.435. The van der Waals surface area contributed by atoms with E-state index >= 15 is 0 Å². The molecule has 21 heavy (non-hydrogen) atoms. The van der Waals surface area contributed by atoms with E-state index in [1.807, 2.05) is 32.6 Å². The molecule has 0 bridgehead atoms. The van der Waals surface area contributed by atoms with Crippen LogP contribution in [-0.2, 0) is 9.47 Å². The largest absolute Gasteiger partial charge is 0.444 e. The Bertz CT molecular complexity index is 315. The van der Waals surface area contributed by atoms with Crippen molar-refractivity contribution in [3.05, 3.63) is 0 Å². The second-order valence-corrected chi connectivity index (χ2v) is 6.75. The van der Waals surface area contributed by atoms with Crippen molar-refractivity contribution >= 4 is 6.09 Å². The van der Waals surface area contributed by atoms with Crippen molar-refractivity contribution in [1.82, 2.24) is 10.2 Å². The van der Waals surface area contributed by atoms with E-state index in [2.05, 4.69) is 12.2 Å². The summed E-state index contributed by atoms with van der Waals surface area (Å²) in [4.78, 5) is 14.2. The standard InChI is InChI=1S/C16H32N2O3/c1-6-20-13(2)11-17-12-14-9-7-8-10-18(14)15(19)21-16(3,4)5/h13-14,17H,6-12H2,1-5H3. The van der Waals surface area contributed by atoms with Crippen LogP contribution in [0.25, 0.3) is 0 Å². The lowest BCUT2D eigenvalue weighted by Crippen LogP contribution is -2.50. The molecule has 1 amide bonds. The summed E-state index contributed by atoms with van der Waals surface area (Å²) in [5.74, 6) is 0. The smallest absolute Gasteiger partial charge is 0.410 e. The minimum absolute atomic E-state index is 0.188. The van der Waals surface area contributed by atoms with E-state index in [0.717, 1.165) is 39.1 Å². The third-order valence-electron chi connectivity index (χ3n) is 3.52. The average molecular weight is 300 g/mol. The van der Waals surface area contributed by atoms with Crippen LogP contribution in [0.4, 0.5) is 4.79 Å². The van der Waals surface area contributed by atoms with Gasteiger partial charge in [-0.25, -0.2) is 4.79 Å². The molecular weight excluding hydrogens is 268 g/mol. The van der Waals surface area contributed by atoms with Crippen LogP contribution < -0.4 is 5.32 Å². The van der Waals surface area contributed by atoms with Crippen molar-refractivity contribution in [3.63, 3.8) is 0 Å². The van der Waals surface area contributed by atoms with Crippen molar-refractivity contribution < 1.29 is 14.3 Å². The van der Waals surface area contributed by atoms with Crippen molar-refractivity contribution in [3.8, 4) is 0 Å². The Morgan fingerprint density at radius 3 is 2.71 bits per heavy atom. The zero-order valence-electron chi connectivity index (χ0n) is 14.3. The van der Waals surface area contributed by atoms with Crippen molar-refractivity contribution in [2.45, 2.75) is 71.6 Å². The summed E-state index contributed by atoms with van der Waals surface area (Å²) in [6, 6.07) is 0.224. The summed E-state index contributed by atoms with van der Waals surface area (Å²) < 4.78 is 11.0. The van der Waals surface area contributed by atoms with Crippen LogP contribution in [0.1, 0.15) is 53.9 Å². The number of amides is 1. The zero-order chi connectivity index (χ0) is 15.9. The molecular formula is C16H32N2O3. The highest BCUT2D eigenvalue weighted by atomic mass is 16.6. The predicted octanol–water partition coefficient (Wildman–Crippen LogP) is 2.79. The van der Waals surface area contributed by atoms with E-state index in [9.17, 15) is 4.79 Å². The average Bonchev–Trinajstić information content (AvgIpc) is 2.37. The molecule has 5 heteroatoms. The van der Waals surface area contributed by atoms with Gasteiger partial charge in [-0.15, -0.1) is 0 Å². The van der Waals surface area contributed by atoms with Gasteiger partial charge in [0.1, 0.15) is 5.60 Å². The first-order valence-corrected chi connectivity index (χ1v) is 8.15. The number of nitrogens with zero attached hydrogens (tertiary/aromatic N) is 1. The SMILES string of the molecule is CCOC(C)CNCC1CCCCN1C(=O)OC(C)(C)C. The lowest BCUT2D eigenvalue weighted by atomic mass is 10.0. The second-order valence-electron chi connectivity index (χ2n) is 6.75. The van der Waals surface area contributed by atoms with Gasteiger partial charge in [-0.1, -0.05) is 0 Å². The molecule has 5 nitrogen and oxygen atoms in total. The predicted molar refractivity (Wildman–Crippen MR) is 84.5 cm³/mol. The topological polar surface area (TPSA) is 50.8 Å². The highest BCUT2D eigenvalue weighted by molar-refractivity contribution is 5.68. The number of carbonyl (C=O) groups is 1. The summed E-state index contributed by atoms with van der Waals surface area (Å²) in [5.41, 5.74) is -0.435. The molecule has 1 saturated heterocycles. The first-order chi connectivity index (χ1) is 9.83. The number of rotatable bonds is 6. The molecule has 2 atom stereocenters. The maximum atomic E-state index is 12.3. The lowest BCUT2D eigenvalue weighted by Gasteiger charge is -2.37. The molecule has 124 valence electrons. The van der Waals surface area contributed by atoms with Gasteiger partial charge in [-0.3, -0.25) is 0 Å². The van der Waals surface area contributed by atoms with Crippen molar-refractivity contribution in [2.24, 2.45) is 0 Å². The van der Waals surface area contributed by atoms with E-state index in [1.54, 1.807) is 0 Å². The third-order valence-corrected chi connectivity index (χ3v) is 3.52. The van der Waals surface area contributed by atoms with E-state index in [0.29, 0.717) is 0 Å². The van der Waals surface area contributed by atoms with Crippen LogP contribution in [0.5, 0.6) is 0 Å². The number of carbonyl (C=O) groups excluding carboxylic acids is 1. The molecule has 0 spiro atoms. The number of ether oxygens (including phenoxy) is 2. The van der Waals surface area contributed by atoms with Gasteiger partial charge >= 0.3 is 6.09 Å². The highest BCUT2D eigenvalue weighted by Crippen LogP contribution is 2.20. The molecule has 0 aliphatic carbocycles. The maximum Gasteiger partial charge on any atom is 0.410 e. The molecule has 0 aromatic rings. The monoisotopic (exact) mass is 300 g/mol. The first-order valence-electron chi connectivity index (χ1n) is 8.15. The Balaban J connectivity index is 2.44. The Morgan fingerprint density at radius 2 is 2.10 bits per heavy atom. The van der Waals surface area contributed by atoms with Crippen LogP contribution in [0.15, 0.2) is 0 Å². The fourth-order valence-corrected chi connectivity index (χ4v) is 2.57. The van der Waals surface area contributed by atoms with Crippen LogP contribution in [0.3, 0.4) is 0 Å². The van der Waals surface area contributed by atoms with Crippen molar-refractivity contribution in [2.75, 3.05) is 26.2 Å². The molecule has 1 N–H and O–H groups in total. The van der Waals surface area contributed by atoms with Gasteiger partial charge in [0.2, 0.25) is 0 Å². The fourth-order valence-electron chi connectivity index (χ4n) is 2.57. The number of hydrogen-bond acceptors (Lipinski definition) is 4. The van der Waals surface area contributed by atoms with E-state index < -0.39 is 5.60 Å². The molecule has 2 unspecified atom stereocenters. The molecule has 1 heterocycles. The van der Waals surface area contributed by atoms with Gasteiger partial charge in [0.15, 0.2) is 0 Å². The molecule has 0 saturated carbocycles. The van der Waals surface area contributed by atoms with Crippen LogP contribution >= 0.6 is 0 Å². The Labute approximate surface area is 129 Å². The molecule has 1 aliphatic rings. The minimum Gasteiger partial charge on any atom is -0.444 e. The van der Waals surface area contributed by atoms with Gasteiger partial charge in [-0.05, 0) is 53.9 Å². The normalized spacial score (nSPS) is 21.2. The number of likely N-dealkylation sites (tertiary alicyclic amines) is 1. The van der Waals surface area contributed by atoms with E-state index in [4.69, 9.17) is 9.47 Å². The molecule has 0 radical (unpaired) electrons. The first kappa shape index (κ1) is 18.2. The number of piperidine rings is 1. The Morgan fingerprint density at radius 1 is 1.38 bits per heavy atom. The Hall–Kier alpha value is -0.810. The van der Waals surface area contributed by atoms with Crippen LogP contribution in [0.2, 0.25) is 0 Å². The maximum absolute atomic E-state index is 12.3. The number of nitrogens with one attached hydrogen (secondary N) is 1. The summed E-state index contributed by atoms with van der Waals surface area (Å²) in [6.07, 6.45) is 3.29. The summed E-state index contributed by atoms with van der Waals surface area (Å²) >= 11 is 0. The third kappa shape index (κ3) is 7.14. The van der Waals surface area contributed by atoms with Crippen LogP contribution in [0, 0.1) is 0 Å². The Kier molecular flexibility index (Phi) is 7.46. The molecule has 0 aromatic heterocycles. The van der Waals surface area contributed by atoms with Gasteiger partial charge in [0.05, 0.1) is 6.10 Å². The van der Waals surface area contributed by atoms with Gasteiger partial charge in [0, 0.05) is 32.3 Å². The molecule has 1 aliphatic heterocycles. The summed E-state index contributed by atoms with van der Waals surface area (Å²) in [5, 5.41) is 3.41. The quantitative estimate of drug-likeness (QED) is 0.819. The van der Waals surface area contributed by atoms with E-state index in [1.165, 1.54) is 6.42 Å². The second kappa shape index (κ2) is 8.59. The summed E-state index contributed by atoms with van der Waals surface area (Å²) in [6.45, 7) is 12.9. The van der Waals surface area contributed by atoms with Crippen LogP contribution in [-0.4, -0.2) is 55.0 Å². The molecule has 1 rings (SSSR count). The summed E-state index contributed by atoms with van der Waals surface area (Å²) in [7, 11) is 0. The van der Waals surface area contributed by atoms with Gasteiger partial charge in [-0.2, -0.15) is 0 Å². The molecule has 0 aromatic carbocycles. The highest BCUT2D eigenvalue weighted by Gasteiger charge is 2.30.